The number of cyclic esters (lactones) is 1. The van der Waals surface area contributed by atoms with Crippen molar-refractivity contribution in [3.8, 4) is 5.75 Å². The number of halogens is 1. The Bertz CT molecular complexity index is 622. The SMILES string of the molecule is Cn1cc(Br)c(O[C@H]2CC[C@H](N3CCOC3=O)CC2)cc1=O. The first kappa shape index (κ1) is 15.4. The summed E-state index contributed by atoms with van der Waals surface area (Å²) in [4.78, 5) is 25.1. The number of rotatable bonds is 3. The maximum absolute atomic E-state index is 11.7. The molecule has 120 valence electrons. The van der Waals surface area contributed by atoms with E-state index >= 15 is 0 Å². The molecule has 0 unspecified atom stereocenters. The minimum atomic E-state index is -0.196. The Morgan fingerprint density at radius 3 is 2.64 bits per heavy atom. The summed E-state index contributed by atoms with van der Waals surface area (Å²) >= 11 is 3.43. The zero-order valence-electron chi connectivity index (χ0n) is 12.5. The fourth-order valence-electron chi connectivity index (χ4n) is 3.06. The predicted molar refractivity (Wildman–Crippen MR) is 84.1 cm³/mol. The highest BCUT2D eigenvalue weighted by Crippen LogP contribution is 2.30. The van der Waals surface area contributed by atoms with E-state index in [1.165, 1.54) is 10.6 Å². The summed E-state index contributed by atoms with van der Waals surface area (Å²) in [6, 6.07) is 1.76. The van der Waals surface area contributed by atoms with E-state index < -0.39 is 0 Å². The lowest BCUT2D eigenvalue weighted by atomic mass is 9.92. The Labute approximate surface area is 137 Å². The highest BCUT2D eigenvalue weighted by molar-refractivity contribution is 9.10. The lowest BCUT2D eigenvalue weighted by Gasteiger charge is -2.33. The van der Waals surface area contributed by atoms with E-state index in [0.29, 0.717) is 18.9 Å². The summed E-state index contributed by atoms with van der Waals surface area (Å²) in [6.45, 7) is 1.19. The summed E-state index contributed by atoms with van der Waals surface area (Å²) in [5.74, 6) is 0.590. The van der Waals surface area contributed by atoms with Crippen molar-refractivity contribution in [2.75, 3.05) is 13.2 Å². The minimum Gasteiger partial charge on any atom is -0.489 e. The Morgan fingerprint density at radius 1 is 1.27 bits per heavy atom. The number of ether oxygens (including phenoxy) is 2. The molecule has 6 nitrogen and oxygen atoms in total. The molecule has 1 aliphatic carbocycles. The average molecular weight is 371 g/mol. The molecule has 0 aromatic carbocycles. The Kier molecular flexibility index (Phi) is 4.42. The van der Waals surface area contributed by atoms with E-state index in [-0.39, 0.29) is 23.8 Å². The van der Waals surface area contributed by atoms with E-state index in [4.69, 9.17) is 9.47 Å². The van der Waals surface area contributed by atoms with Crippen molar-refractivity contribution in [1.82, 2.24) is 9.47 Å². The van der Waals surface area contributed by atoms with Crippen molar-refractivity contribution in [3.63, 3.8) is 0 Å². The lowest BCUT2D eigenvalue weighted by molar-refractivity contribution is 0.0992. The van der Waals surface area contributed by atoms with Gasteiger partial charge in [0.2, 0.25) is 0 Å². The molecule has 1 amide bonds. The number of carbonyl (C=O) groups is 1. The second-order valence-electron chi connectivity index (χ2n) is 5.79. The van der Waals surface area contributed by atoms with Crippen molar-refractivity contribution in [3.05, 3.63) is 27.1 Å². The zero-order chi connectivity index (χ0) is 15.7. The van der Waals surface area contributed by atoms with Gasteiger partial charge in [0.1, 0.15) is 12.4 Å². The topological polar surface area (TPSA) is 60.8 Å². The fourth-order valence-corrected chi connectivity index (χ4v) is 3.58. The number of aromatic nitrogens is 1. The van der Waals surface area contributed by atoms with Crippen molar-refractivity contribution >= 4 is 22.0 Å². The van der Waals surface area contributed by atoms with Crippen LogP contribution in [0.4, 0.5) is 4.79 Å². The molecular formula is C15H19BrN2O4. The Balaban J connectivity index is 1.59. The monoisotopic (exact) mass is 370 g/mol. The second-order valence-corrected chi connectivity index (χ2v) is 6.65. The lowest BCUT2D eigenvalue weighted by Crippen LogP contribution is -2.40. The molecule has 2 fully saturated rings. The van der Waals surface area contributed by atoms with Crippen LogP contribution in [0.15, 0.2) is 21.5 Å². The third-order valence-electron chi connectivity index (χ3n) is 4.31. The van der Waals surface area contributed by atoms with Crippen molar-refractivity contribution in [2.24, 2.45) is 7.05 Å². The van der Waals surface area contributed by atoms with Gasteiger partial charge in [0.15, 0.2) is 0 Å². The first-order valence-corrected chi connectivity index (χ1v) is 8.30. The van der Waals surface area contributed by atoms with Crippen molar-refractivity contribution in [2.45, 2.75) is 37.8 Å². The van der Waals surface area contributed by atoms with Crippen LogP contribution in [-0.2, 0) is 11.8 Å². The van der Waals surface area contributed by atoms with E-state index in [9.17, 15) is 9.59 Å². The third-order valence-corrected chi connectivity index (χ3v) is 4.91. The first-order chi connectivity index (χ1) is 10.5. The van der Waals surface area contributed by atoms with Gasteiger partial charge in [-0.05, 0) is 41.6 Å². The van der Waals surface area contributed by atoms with Gasteiger partial charge in [0, 0.05) is 25.4 Å². The van der Waals surface area contributed by atoms with Crippen LogP contribution in [0.1, 0.15) is 25.7 Å². The van der Waals surface area contributed by atoms with E-state index in [1.807, 2.05) is 4.90 Å². The molecule has 0 radical (unpaired) electrons. The number of amides is 1. The fraction of sp³-hybridized carbons (Fsp3) is 0.600. The van der Waals surface area contributed by atoms with Crippen LogP contribution in [0.25, 0.3) is 0 Å². The van der Waals surface area contributed by atoms with Gasteiger partial charge < -0.3 is 18.9 Å². The van der Waals surface area contributed by atoms with Crippen LogP contribution >= 0.6 is 15.9 Å². The van der Waals surface area contributed by atoms with Gasteiger partial charge in [0.25, 0.3) is 5.56 Å². The molecule has 1 aromatic rings. The van der Waals surface area contributed by atoms with E-state index in [0.717, 1.165) is 30.2 Å². The van der Waals surface area contributed by atoms with E-state index in [2.05, 4.69) is 15.9 Å². The standard InChI is InChI=1S/C15H19BrN2O4/c1-17-9-12(16)13(8-14(17)19)22-11-4-2-10(3-5-11)18-6-7-21-15(18)20/h8-11H,2-7H2,1H3/t10-,11-. The number of aryl methyl sites for hydroxylation is 1. The third kappa shape index (κ3) is 3.14. The van der Waals surface area contributed by atoms with Gasteiger partial charge in [-0.2, -0.15) is 0 Å². The zero-order valence-corrected chi connectivity index (χ0v) is 14.0. The van der Waals surface area contributed by atoms with Gasteiger partial charge in [-0.1, -0.05) is 0 Å². The summed E-state index contributed by atoms with van der Waals surface area (Å²) in [7, 11) is 1.71. The van der Waals surface area contributed by atoms with Gasteiger partial charge in [0.05, 0.1) is 17.1 Å². The molecule has 2 heterocycles. The molecular weight excluding hydrogens is 352 g/mol. The number of pyridine rings is 1. The van der Waals surface area contributed by atoms with Gasteiger partial charge >= 0.3 is 6.09 Å². The van der Waals surface area contributed by atoms with Gasteiger partial charge in [-0.15, -0.1) is 0 Å². The Morgan fingerprint density at radius 2 is 2.00 bits per heavy atom. The summed E-state index contributed by atoms with van der Waals surface area (Å²) < 4.78 is 13.2. The van der Waals surface area contributed by atoms with Crippen LogP contribution in [0.3, 0.4) is 0 Å². The second kappa shape index (κ2) is 6.32. The maximum Gasteiger partial charge on any atom is 0.410 e. The molecule has 1 saturated carbocycles. The molecule has 0 N–H and O–H groups in total. The predicted octanol–water partition coefficient (Wildman–Crippen LogP) is 2.29. The van der Waals surface area contributed by atoms with Crippen molar-refractivity contribution in [1.29, 1.82) is 0 Å². The highest BCUT2D eigenvalue weighted by Gasteiger charge is 2.33. The maximum atomic E-state index is 11.7. The molecule has 0 spiro atoms. The summed E-state index contributed by atoms with van der Waals surface area (Å²) in [5.41, 5.74) is -0.0910. The van der Waals surface area contributed by atoms with Crippen molar-refractivity contribution < 1.29 is 14.3 Å². The molecule has 22 heavy (non-hydrogen) atoms. The smallest absolute Gasteiger partial charge is 0.410 e. The summed E-state index contributed by atoms with van der Waals surface area (Å²) in [5, 5.41) is 0. The van der Waals surface area contributed by atoms with Crippen LogP contribution in [0, 0.1) is 0 Å². The Hall–Kier alpha value is -1.50. The quantitative estimate of drug-likeness (QED) is 0.818. The number of hydrogen-bond donors (Lipinski definition) is 0. The normalized spacial score (nSPS) is 25.2. The molecule has 1 saturated heterocycles. The van der Waals surface area contributed by atoms with Crippen LogP contribution < -0.4 is 10.3 Å². The number of nitrogens with zero attached hydrogens (tertiary/aromatic N) is 2. The molecule has 2 aliphatic rings. The molecule has 0 atom stereocenters. The average Bonchev–Trinajstić information content (AvgIpc) is 2.92. The van der Waals surface area contributed by atoms with Crippen LogP contribution in [-0.4, -0.2) is 40.9 Å². The molecule has 3 rings (SSSR count). The minimum absolute atomic E-state index is 0.0817. The molecule has 1 aliphatic heterocycles. The molecule has 1 aromatic heterocycles. The number of carbonyl (C=O) groups excluding carboxylic acids is 1. The number of hydrogen-bond acceptors (Lipinski definition) is 4. The van der Waals surface area contributed by atoms with Gasteiger partial charge in [-0.3, -0.25) is 4.79 Å². The molecule has 0 bridgehead atoms. The van der Waals surface area contributed by atoms with Gasteiger partial charge in [-0.25, -0.2) is 4.79 Å². The first-order valence-electron chi connectivity index (χ1n) is 7.51. The summed E-state index contributed by atoms with van der Waals surface area (Å²) in [6.07, 6.45) is 5.15. The highest BCUT2D eigenvalue weighted by atomic mass is 79.9. The van der Waals surface area contributed by atoms with Crippen LogP contribution in [0.2, 0.25) is 0 Å². The molecule has 7 heteroatoms. The van der Waals surface area contributed by atoms with E-state index in [1.54, 1.807) is 13.2 Å². The van der Waals surface area contributed by atoms with Crippen LogP contribution in [0.5, 0.6) is 5.75 Å². The largest absolute Gasteiger partial charge is 0.489 e.